The fourth-order valence-electron chi connectivity index (χ4n) is 1.06. The minimum atomic E-state index is -4.45. The predicted molar refractivity (Wildman–Crippen MR) is 43.8 cm³/mol. The van der Waals surface area contributed by atoms with E-state index in [9.17, 15) is 17.6 Å². The smallest absolute Gasteiger partial charge is 0.207 e. The van der Waals surface area contributed by atoms with Gasteiger partial charge in [0.05, 0.1) is 5.56 Å². The molecule has 0 radical (unpaired) electrons. The Morgan fingerprint density at radius 2 is 1.77 bits per heavy atom. The molecule has 5 heteroatoms. The topological polar surface area (TPSA) is 0 Å². The van der Waals surface area contributed by atoms with Crippen LogP contribution in [0.15, 0.2) is 16.6 Å². The van der Waals surface area contributed by atoms with Crippen molar-refractivity contribution in [3.05, 3.63) is 33.5 Å². The molecule has 0 aromatic heterocycles. The van der Waals surface area contributed by atoms with Crippen LogP contribution in [0.2, 0.25) is 0 Å². The van der Waals surface area contributed by atoms with E-state index >= 15 is 0 Å². The fourth-order valence-corrected chi connectivity index (χ4v) is 1.82. The molecule has 0 saturated carbocycles. The largest absolute Gasteiger partial charge is 0.417 e. The van der Waals surface area contributed by atoms with Crippen LogP contribution >= 0.6 is 15.9 Å². The number of alkyl halides is 3. The first-order valence-corrected chi connectivity index (χ1v) is 4.14. The highest BCUT2D eigenvalue weighted by molar-refractivity contribution is 9.10. The third-order valence-electron chi connectivity index (χ3n) is 1.54. The predicted octanol–water partition coefficient (Wildman–Crippen LogP) is 3.92. The summed E-state index contributed by atoms with van der Waals surface area (Å²) in [7, 11) is 0. The third-order valence-corrected chi connectivity index (χ3v) is 2.16. The maximum absolute atomic E-state index is 12.6. The van der Waals surface area contributed by atoms with Crippen molar-refractivity contribution in [1.82, 2.24) is 0 Å². The molecule has 1 rings (SSSR count). The summed E-state index contributed by atoms with van der Waals surface area (Å²) in [4.78, 5) is 0. The Morgan fingerprint density at radius 1 is 1.23 bits per heavy atom. The molecule has 0 aliphatic carbocycles. The Hall–Kier alpha value is -0.580. The molecule has 0 spiro atoms. The van der Waals surface area contributed by atoms with Gasteiger partial charge in [0.25, 0.3) is 0 Å². The van der Waals surface area contributed by atoms with E-state index in [1.807, 2.05) is 0 Å². The van der Waals surface area contributed by atoms with E-state index in [0.29, 0.717) is 0 Å². The van der Waals surface area contributed by atoms with Gasteiger partial charge in [-0.05, 0) is 24.6 Å². The summed E-state index contributed by atoms with van der Waals surface area (Å²) in [5, 5.41) is 0. The van der Waals surface area contributed by atoms with Crippen LogP contribution in [0.1, 0.15) is 11.1 Å². The van der Waals surface area contributed by atoms with Gasteiger partial charge >= 0.3 is 6.18 Å². The zero-order valence-corrected chi connectivity index (χ0v) is 8.13. The maximum atomic E-state index is 12.6. The van der Waals surface area contributed by atoms with Crippen molar-refractivity contribution in [1.29, 1.82) is 0 Å². The summed E-state index contributed by atoms with van der Waals surface area (Å²) in [5.74, 6) is -0.683. The molecule has 0 fully saturated rings. The summed E-state index contributed by atoms with van der Waals surface area (Å²) in [6, 6.07) is 1.66. The first-order chi connectivity index (χ1) is 5.82. The van der Waals surface area contributed by atoms with Crippen LogP contribution in [0.4, 0.5) is 17.6 Å². The number of hydrogen-bond acceptors (Lipinski definition) is 0. The highest BCUT2D eigenvalue weighted by Crippen LogP contribution is 2.37. The molecule has 13 heavy (non-hydrogen) atoms. The summed E-state index contributed by atoms with van der Waals surface area (Å²) >= 11 is 2.67. The van der Waals surface area contributed by atoms with Crippen LogP contribution in [0.25, 0.3) is 0 Å². The molecule has 72 valence electrons. The van der Waals surface area contributed by atoms with E-state index in [0.717, 1.165) is 12.1 Å². The highest BCUT2D eigenvalue weighted by Gasteiger charge is 2.34. The first-order valence-electron chi connectivity index (χ1n) is 3.35. The summed E-state index contributed by atoms with van der Waals surface area (Å²) in [6.45, 7) is 1.22. The molecule has 0 N–H and O–H groups in total. The number of hydrogen-bond donors (Lipinski definition) is 0. The average Bonchev–Trinajstić information content (AvgIpc) is 1.78. The zero-order valence-electron chi connectivity index (χ0n) is 6.54. The van der Waals surface area contributed by atoms with Gasteiger partial charge < -0.3 is 0 Å². The molecule has 0 saturated heterocycles. The van der Waals surface area contributed by atoms with Crippen molar-refractivity contribution in [2.24, 2.45) is 0 Å². The highest BCUT2D eigenvalue weighted by atomic mass is 79.9. The second-order valence-corrected chi connectivity index (χ2v) is 3.43. The van der Waals surface area contributed by atoms with E-state index in [1.165, 1.54) is 6.92 Å². The Kier molecular flexibility index (Phi) is 2.66. The van der Waals surface area contributed by atoms with Gasteiger partial charge in [0.15, 0.2) is 0 Å². The van der Waals surface area contributed by atoms with Crippen LogP contribution in [0.5, 0.6) is 0 Å². The molecule has 1 aromatic rings. The lowest BCUT2D eigenvalue weighted by molar-refractivity contribution is -0.138. The van der Waals surface area contributed by atoms with E-state index in [2.05, 4.69) is 15.9 Å². The standard InChI is InChI=1S/C8H5BrF4/c1-4-2-5(10)3-6(9)7(4)8(11,12)13/h2-3H,1H3. The van der Waals surface area contributed by atoms with Crippen molar-refractivity contribution in [2.45, 2.75) is 13.1 Å². The molecule has 0 aliphatic heterocycles. The Bertz CT molecular complexity index is 306. The number of aryl methyl sites for hydroxylation is 1. The van der Waals surface area contributed by atoms with Crippen molar-refractivity contribution in [3.8, 4) is 0 Å². The molecule has 0 amide bonds. The fraction of sp³-hybridized carbons (Fsp3) is 0.250. The molecule has 1 aromatic carbocycles. The Labute approximate surface area is 80.7 Å². The maximum Gasteiger partial charge on any atom is 0.417 e. The SMILES string of the molecule is Cc1cc(F)cc(Br)c1C(F)(F)F. The normalized spacial score (nSPS) is 11.8. The molecule has 0 aliphatic rings. The van der Waals surface area contributed by atoms with Gasteiger partial charge in [0.2, 0.25) is 0 Å². The van der Waals surface area contributed by atoms with Crippen molar-refractivity contribution in [2.75, 3.05) is 0 Å². The first kappa shape index (κ1) is 10.5. The minimum absolute atomic E-state index is 0.126. The quantitative estimate of drug-likeness (QED) is 0.618. The van der Waals surface area contributed by atoms with Crippen molar-refractivity contribution in [3.63, 3.8) is 0 Å². The van der Waals surface area contributed by atoms with Crippen LogP contribution in [0, 0.1) is 12.7 Å². The lowest BCUT2D eigenvalue weighted by atomic mass is 10.1. The molecule has 0 atom stereocenters. The van der Waals surface area contributed by atoms with E-state index in [-0.39, 0.29) is 10.0 Å². The van der Waals surface area contributed by atoms with Gasteiger partial charge in [-0.15, -0.1) is 0 Å². The number of benzene rings is 1. The number of halogens is 5. The molecule has 0 unspecified atom stereocenters. The second kappa shape index (κ2) is 3.29. The zero-order chi connectivity index (χ0) is 10.2. The van der Waals surface area contributed by atoms with Crippen molar-refractivity contribution >= 4 is 15.9 Å². The van der Waals surface area contributed by atoms with Gasteiger partial charge in [0.1, 0.15) is 5.82 Å². The van der Waals surface area contributed by atoms with Crippen LogP contribution in [0.3, 0.4) is 0 Å². The average molecular weight is 257 g/mol. The Morgan fingerprint density at radius 3 is 2.15 bits per heavy atom. The van der Waals surface area contributed by atoms with Gasteiger partial charge in [-0.25, -0.2) is 4.39 Å². The van der Waals surface area contributed by atoms with E-state index in [1.54, 1.807) is 0 Å². The minimum Gasteiger partial charge on any atom is -0.207 e. The van der Waals surface area contributed by atoms with Crippen LogP contribution in [-0.4, -0.2) is 0 Å². The molecular formula is C8H5BrF4. The van der Waals surface area contributed by atoms with Crippen molar-refractivity contribution < 1.29 is 17.6 Å². The molecular weight excluding hydrogens is 252 g/mol. The van der Waals surface area contributed by atoms with E-state index in [4.69, 9.17) is 0 Å². The second-order valence-electron chi connectivity index (χ2n) is 2.58. The third kappa shape index (κ3) is 2.21. The summed E-state index contributed by atoms with van der Waals surface area (Å²) in [5.41, 5.74) is -0.951. The molecule has 0 nitrogen and oxygen atoms in total. The van der Waals surface area contributed by atoms with Crippen LogP contribution in [-0.2, 0) is 6.18 Å². The molecule has 0 heterocycles. The lowest BCUT2D eigenvalue weighted by Crippen LogP contribution is -2.08. The molecule has 0 bridgehead atoms. The lowest BCUT2D eigenvalue weighted by Gasteiger charge is -2.11. The monoisotopic (exact) mass is 256 g/mol. The van der Waals surface area contributed by atoms with E-state index < -0.39 is 17.6 Å². The summed E-state index contributed by atoms with van der Waals surface area (Å²) < 4.78 is 49.2. The van der Waals surface area contributed by atoms with Gasteiger partial charge in [-0.2, -0.15) is 13.2 Å². The number of rotatable bonds is 0. The van der Waals surface area contributed by atoms with Crippen LogP contribution < -0.4 is 0 Å². The van der Waals surface area contributed by atoms with Gasteiger partial charge in [0, 0.05) is 4.47 Å². The summed E-state index contributed by atoms with van der Waals surface area (Å²) in [6.07, 6.45) is -4.45. The van der Waals surface area contributed by atoms with Gasteiger partial charge in [-0.1, -0.05) is 15.9 Å². The van der Waals surface area contributed by atoms with Gasteiger partial charge in [-0.3, -0.25) is 0 Å². The Balaban J connectivity index is 3.38.